The van der Waals surface area contributed by atoms with Crippen LogP contribution in [0.15, 0.2) is 34.8 Å². The Kier molecular flexibility index (Phi) is 3.19. The molecule has 0 heterocycles. The van der Waals surface area contributed by atoms with Gasteiger partial charge in [0.25, 0.3) is 0 Å². The zero-order chi connectivity index (χ0) is 12.6. The molecule has 0 bridgehead atoms. The zero-order valence-corrected chi connectivity index (χ0v) is 9.86. The average molecular weight is 305 g/mol. The molecule has 0 N–H and O–H groups in total. The fourth-order valence-corrected chi connectivity index (χ4v) is 1.89. The van der Waals surface area contributed by atoms with Crippen molar-refractivity contribution in [2.45, 2.75) is 0 Å². The lowest BCUT2D eigenvalue weighted by atomic mass is 10.0. The van der Waals surface area contributed by atoms with E-state index in [9.17, 15) is 17.6 Å². The highest BCUT2D eigenvalue weighted by atomic mass is 79.9. The minimum absolute atomic E-state index is 0.207. The summed E-state index contributed by atoms with van der Waals surface area (Å²) in [6, 6.07) is 4.55. The molecule has 0 aliphatic carbocycles. The number of rotatable bonds is 1. The van der Waals surface area contributed by atoms with Gasteiger partial charge in [-0.2, -0.15) is 0 Å². The smallest absolute Gasteiger partial charge is 0.135 e. The van der Waals surface area contributed by atoms with Crippen molar-refractivity contribution in [2.75, 3.05) is 0 Å². The zero-order valence-electron chi connectivity index (χ0n) is 8.28. The molecule has 0 amide bonds. The van der Waals surface area contributed by atoms with Crippen LogP contribution in [0.25, 0.3) is 11.1 Å². The van der Waals surface area contributed by atoms with Crippen LogP contribution in [0.4, 0.5) is 17.6 Å². The third-order valence-corrected chi connectivity index (χ3v) is 2.67. The molecule has 0 saturated heterocycles. The first-order valence-corrected chi connectivity index (χ1v) is 5.38. The highest BCUT2D eigenvalue weighted by molar-refractivity contribution is 9.10. The molecule has 0 atom stereocenters. The van der Waals surface area contributed by atoms with Crippen molar-refractivity contribution >= 4 is 15.9 Å². The lowest BCUT2D eigenvalue weighted by molar-refractivity contribution is 0.570. The van der Waals surface area contributed by atoms with E-state index < -0.39 is 28.8 Å². The predicted molar refractivity (Wildman–Crippen MR) is 59.4 cm³/mol. The molecule has 0 radical (unpaired) electrons. The van der Waals surface area contributed by atoms with Gasteiger partial charge >= 0.3 is 0 Å². The summed E-state index contributed by atoms with van der Waals surface area (Å²) in [6.45, 7) is 0. The largest absolute Gasteiger partial charge is 0.207 e. The van der Waals surface area contributed by atoms with Gasteiger partial charge in [0.05, 0.1) is 5.56 Å². The molecule has 0 aromatic heterocycles. The van der Waals surface area contributed by atoms with E-state index in [1.54, 1.807) is 0 Å². The van der Waals surface area contributed by atoms with Gasteiger partial charge in [0.1, 0.15) is 23.3 Å². The van der Waals surface area contributed by atoms with Crippen LogP contribution in [0.2, 0.25) is 0 Å². The van der Waals surface area contributed by atoms with Crippen LogP contribution in [0.1, 0.15) is 0 Å². The van der Waals surface area contributed by atoms with Crippen LogP contribution in [-0.2, 0) is 0 Å². The van der Waals surface area contributed by atoms with Gasteiger partial charge in [-0.25, -0.2) is 17.6 Å². The van der Waals surface area contributed by atoms with E-state index in [-0.39, 0.29) is 10.0 Å². The van der Waals surface area contributed by atoms with Gasteiger partial charge in [-0.3, -0.25) is 0 Å². The minimum Gasteiger partial charge on any atom is -0.207 e. The van der Waals surface area contributed by atoms with Gasteiger partial charge in [0, 0.05) is 16.1 Å². The summed E-state index contributed by atoms with van der Waals surface area (Å²) in [5.41, 5.74) is -0.820. The molecule has 2 aromatic rings. The molecule has 0 spiro atoms. The Morgan fingerprint density at radius 1 is 0.765 bits per heavy atom. The third-order valence-electron chi connectivity index (χ3n) is 2.21. The van der Waals surface area contributed by atoms with Gasteiger partial charge in [-0.1, -0.05) is 15.9 Å². The summed E-state index contributed by atoms with van der Waals surface area (Å²) in [7, 11) is 0. The third kappa shape index (κ3) is 2.34. The van der Waals surface area contributed by atoms with Crippen molar-refractivity contribution in [1.82, 2.24) is 0 Å². The van der Waals surface area contributed by atoms with Crippen LogP contribution in [-0.4, -0.2) is 0 Å². The second-order valence-electron chi connectivity index (χ2n) is 3.37. The second kappa shape index (κ2) is 4.49. The Bertz CT molecular complexity index is 558. The van der Waals surface area contributed by atoms with E-state index in [2.05, 4.69) is 15.9 Å². The molecule has 0 aliphatic rings. The van der Waals surface area contributed by atoms with Gasteiger partial charge in [-0.05, 0) is 24.3 Å². The topological polar surface area (TPSA) is 0 Å². The van der Waals surface area contributed by atoms with Crippen molar-refractivity contribution in [2.24, 2.45) is 0 Å². The lowest BCUT2D eigenvalue weighted by Crippen LogP contribution is -1.94. The Hall–Kier alpha value is -1.36. The first-order chi connectivity index (χ1) is 7.99. The van der Waals surface area contributed by atoms with E-state index >= 15 is 0 Å². The van der Waals surface area contributed by atoms with Gasteiger partial charge in [-0.15, -0.1) is 0 Å². The molecule has 17 heavy (non-hydrogen) atoms. The van der Waals surface area contributed by atoms with Crippen molar-refractivity contribution in [3.8, 4) is 11.1 Å². The predicted octanol–water partition coefficient (Wildman–Crippen LogP) is 4.67. The first-order valence-electron chi connectivity index (χ1n) is 4.59. The fourth-order valence-electron chi connectivity index (χ4n) is 1.49. The summed E-state index contributed by atoms with van der Waals surface area (Å²) in [6.07, 6.45) is 0. The Balaban J connectivity index is 2.68. The summed E-state index contributed by atoms with van der Waals surface area (Å²) < 4.78 is 53.4. The fraction of sp³-hybridized carbons (Fsp3) is 0. The van der Waals surface area contributed by atoms with Crippen molar-refractivity contribution in [1.29, 1.82) is 0 Å². The van der Waals surface area contributed by atoms with E-state index in [1.165, 1.54) is 0 Å². The molecule has 0 aliphatic heterocycles. The summed E-state index contributed by atoms with van der Waals surface area (Å²) >= 11 is 2.92. The molecule has 0 saturated carbocycles. The van der Waals surface area contributed by atoms with Crippen molar-refractivity contribution in [3.63, 3.8) is 0 Å². The maximum Gasteiger partial charge on any atom is 0.135 e. The van der Waals surface area contributed by atoms with E-state index in [4.69, 9.17) is 0 Å². The number of hydrogen-bond acceptors (Lipinski definition) is 0. The normalized spacial score (nSPS) is 10.6. The highest BCUT2D eigenvalue weighted by Crippen LogP contribution is 2.30. The van der Waals surface area contributed by atoms with E-state index in [0.29, 0.717) is 6.07 Å². The van der Waals surface area contributed by atoms with Crippen LogP contribution < -0.4 is 0 Å². The van der Waals surface area contributed by atoms with E-state index in [0.717, 1.165) is 24.3 Å². The standard InChI is InChI=1S/C12H5BrF4/c13-6-3-10(16)12(11(17)4-6)8-2-1-7(14)5-9(8)15/h1-5H. The molecule has 5 heteroatoms. The van der Waals surface area contributed by atoms with Crippen LogP contribution >= 0.6 is 15.9 Å². The van der Waals surface area contributed by atoms with Crippen LogP contribution in [0.5, 0.6) is 0 Å². The van der Waals surface area contributed by atoms with Crippen molar-refractivity contribution in [3.05, 3.63) is 58.1 Å². The monoisotopic (exact) mass is 304 g/mol. The number of benzene rings is 2. The molecule has 0 nitrogen and oxygen atoms in total. The maximum atomic E-state index is 13.5. The lowest BCUT2D eigenvalue weighted by Gasteiger charge is -2.07. The summed E-state index contributed by atoms with van der Waals surface area (Å²) in [5, 5.41) is 0. The van der Waals surface area contributed by atoms with Gasteiger partial charge in [0.2, 0.25) is 0 Å². The summed E-state index contributed by atoms with van der Waals surface area (Å²) in [4.78, 5) is 0. The Morgan fingerprint density at radius 2 is 1.35 bits per heavy atom. The molecular formula is C12H5BrF4. The maximum absolute atomic E-state index is 13.5. The van der Waals surface area contributed by atoms with Crippen molar-refractivity contribution < 1.29 is 17.6 Å². The number of halogens is 5. The average Bonchev–Trinajstić information content (AvgIpc) is 2.19. The molecule has 0 unspecified atom stereocenters. The quantitative estimate of drug-likeness (QED) is 0.672. The molecule has 0 fully saturated rings. The number of hydrogen-bond donors (Lipinski definition) is 0. The SMILES string of the molecule is Fc1ccc(-c2c(F)cc(Br)cc2F)c(F)c1. The first kappa shape index (κ1) is 12.1. The molecule has 2 rings (SSSR count). The molecular weight excluding hydrogens is 300 g/mol. The van der Waals surface area contributed by atoms with Gasteiger partial charge < -0.3 is 0 Å². The van der Waals surface area contributed by atoms with Gasteiger partial charge in [0.15, 0.2) is 0 Å². The second-order valence-corrected chi connectivity index (χ2v) is 4.28. The Labute approximate surface area is 103 Å². The molecule has 2 aromatic carbocycles. The minimum atomic E-state index is -1.01. The van der Waals surface area contributed by atoms with Crippen LogP contribution in [0, 0.1) is 23.3 Å². The van der Waals surface area contributed by atoms with E-state index in [1.807, 2.05) is 0 Å². The molecule has 88 valence electrons. The highest BCUT2D eigenvalue weighted by Gasteiger charge is 2.16. The van der Waals surface area contributed by atoms with Crippen LogP contribution in [0.3, 0.4) is 0 Å². The Morgan fingerprint density at radius 3 is 1.88 bits per heavy atom. The summed E-state index contributed by atoms with van der Waals surface area (Å²) in [5.74, 6) is -3.64.